The summed E-state index contributed by atoms with van der Waals surface area (Å²) in [7, 11) is 1.34. The molecule has 0 amide bonds. The van der Waals surface area contributed by atoms with Gasteiger partial charge in [-0.15, -0.1) is 5.10 Å². The Kier molecular flexibility index (Phi) is 5.03. The molecule has 7 nitrogen and oxygen atoms in total. The zero-order valence-electron chi connectivity index (χ0n) is 14.4. The molecule has 25 heavy (non-hydrogen) atoms. The van der Waals surface area contributed by atoms with E-state index in [9.17, 15) is 9.90 Å². The molecule has 2 heterocycles. The molecule has 1 aromatic heterocycles. The van der Waals surface area contributed by atoms with Crippen molar-refractivity contribution in [1.82, 2.24) is 14.7 Å². The Morgan fingerprint density at radius 1 is 1.44 bits per heavy atom. The number of aryl methyl sites for hydroxylation is 2. The van der Waals surface area contributed by atoms with Crippen LogP contribution in [0.25, 0.3) is 11.5 Å². The van der Waals surface area contributed by atoms with Crippen molar-refractivity contribution in [3.63, 3.8) is 0 Å². The largest absolute Gasteiger partial charge is 0.468 e. The molecule has 0 aliphatic carbocycles. The maximum atomic E-state index is 11.9. The summed E-state index contributed by atoms with van der Waals surface area (Å²) in [5.41, 5.74) is 3.18. The van der Waals surface area contributed by atoms with Crippen LogP contribution in [-0.4, -0.2) is 51.6 Å². The zero-order chi connectivity index (χ0) is 18.1. The van der Waals surface area contributed by atoms with Crippen LogP contribution in [0.4, 0.5) is 0 Å². The molecule has 1 aliphatic rings. The number of nitrogens with zero attached hydrogens (tertiary/aromatic N) is 3. The van der Waals surface area contributed by atoms with E-state index in [2.05, 4.69) is 5.10 Å². The molecule has 2 atom stereocenters. The normalized spacial score (nSPS) is 20.8. The van der Waals surface area contributed by atoms with Gasteiger partial charge in [0, 0.05) is 18.5 Å². The fraction of sp³-hybridized carbons (Fsp3) is 0.471. The Balaban J connectivity index is 1.84. The molecule has 0 unspecified atom stereocenters. The number of likely N-dealkylation sites (tertiary alicyclic amines) is 1. The van der Waals surface area contributed by atoms with E-state index in [0.29, 0.717) is 18.9 Å². The second-order valence-corrected chi connectivity index (χ2v) is 6.66. The third-order valence-corrected chi connectivity index (χ3v) is 4.82. The van der Waals surface area contributed by atoms with Gasteiger partial charge in [-0.25, -0.2) is 4.68 Å². The topological polar surface area (TPSA) is 80.7 Å². The van der Waals surface area contributed by atoms with Crippen LogP contribution in [0.5, 0.6) is 0 Å². The number of benzene rings is 1. The first-order valence-corrected chi connectivity index (χ1v) is 8.45. The van der Waals surface area contributed by atoms with Crippen molar-refractivity contribution in [2.75, 3.05) is 13.7 Å². The molecular weight excluding hydrogens is 342 g/mol. The standard InChI is InChI=1S/C17H21N3O4S/c1-10-4-5-12(6-11(10)2)15-18-20(17(25)24-15)9-19-8-13(21)7-14(19)16(22)23-3/h4-6,13-14,21H,7-9H2,1-3H3/t13-,14-/m0/s1. The summed E-state index contributed by atoms with van der Waals surface area (Å²) in [6.07, 6.45) is -0.244. The minimum Gasteiger partial charge on any atom is -0.468 e. The third kappa shape index (κ3) is 3.65. The van der Waals surface area contributed by atoms with Crippen LogP contribution in [0.1, 0.15) is 17.5 Å². The number of aromatic nitrogens is 2. The van der Waals surface area contributed by atoms with Gasteiger partial charge in [-0.3, -0.25) is 9.69 Å². The number of aliphatic hydroxyl groups is 1. The molecule has 1 aromatic carbocycles. The highest BCUT2D eigenvalue weighted by Crippen LogP contribution is 2.23. The van der Waals surface area contributed by atoms with Crippen LogP contribution in [-0.2, 0) is 16.2 Å². The number of β-amino-alcohol motifs (C(OH)–C–C–N with tert-alkyl or cyclic N) is 1. The molecule has 1 N–H and O–H groups in total. The van der Waals surface area contributed by atoms with Gasteiger partial charge in [0.2, 0.25) is 5.89 Å². The van der Waals surface area contributed by atoms with Crippen molar-refractivity contribution in [2.45, 2.75) is 39.1 Å². The maximum absolute atomic E-state index is 11.9. The van der Waals surface area contributed by atoms with E-state index in [-0.39, 0.29) is 17.5 Å². The summed E-state index contributed by atoms with van der Waals surface area (Å²) in [6.45, 7) is 4.67. The van der Waals surface area contributed by atoms with E-state index in [1.54, 1.807) is 4.90 Å². The molecule has 0 bridgehead atoms. The molecule has 2 aromatic rings. The monoisotopic (exact) mass is 363 g/mol. The van der Waals surface area contributed by atoms with Gasteiger partial charge in [-0.1, -0.05) is 6.07 Å². The Morgan fingerprint density at radius 2 is 2.20 bits per heavy atom. The van der Waals surface area contributed by atoms with Gasteiger partial charge >= 0.3 is 5.97 Å². The van der Waals surface area contributed by atoms with Gasteiger partial charge in [0.05, 0.1) is 19.9 Å². The molecule has 0 saturated carbocycles. The van der Waals surface area contributed by atoms with E-state index >= 15 is 0 Å². The Morgan fingerprint density at radius 3 is 2.88 bits per heavy atom. The van der Waals surface area contributed by atoms with Crippen molar-refractivity contribution in [3.05, 3.63) is 34.2 Å². The van der Waals surface area contributed by atoms with E-state index in [0.717, 1.165) is 11.1 Å². The predicted molar refractivity (Wildman–Crippen MR) is 93.4 cm³/mol. The lowest BCUT2D eigenvalue weighted by molar-refractivity contribution is -0.146. The summed E-state index contributed by atoms with van der Waals surface area (Å²) in [6, 6.07) is 5.43. The summed E-state index contributed by atoms with van der Waals surface area (Å²) in [5, 5.41) is 14.3. The first-order chi connectivity index (χ1) is 11.9. The second kappa shape index (κ2) is 7.07. The van der Waals surface area contributed by atoms with Crippen molar-refractivity contribution in [1.29, 1.82) is 0 Å². The van der Waals surface area contributed by atoms with Gasteiger partial charge in [-0.05, 0) is 49.3 Å². The van der Waals surface area contributed by atoms with Gasteiger partial charge in [0.25, 0.3) is 4.84 Å². The van der Waals surface area contributed by atoms with Gasteiger partial charge in [-0.2, -0.15) is 0 Å². The molecule has 0 spiro atoms. The lowest BCUT2D eigenvalue weighted by atomic mass is 10.1. The average Bonchev–Trinajstić information content (AvgIpc) is 3.13. The zero-order valence-corrected chi connectivity index (χ0v) is 15.2. The SMILES string of the molecule is COC(=O)[C@@H]1C[C@H](O)CN1Cn1nc(-c2ccc(C)c(C)c2)oc1=S. The number of hydrogen-bond donors (Lipinski definition) is 1. The number of ether oxygens (including phenoxy) is 1. The van der Waals surface area contributed by atoms with Crippen LogP contribution in [0, 0.1) is 18.7 Å². The van der Waals surface area contributed by atoms with Crippen molar-refractivity contribution in [2.24, 2.45) is 0 Å². The summed E-state index contributed by atoms with van der Waals surface area (Å²) in [5.74, 6) is 0.0587. The highest BCUT2D eigenvalue weighted by molar-refractivity contribution is 7.71. The minimum absolute atomic E-state index is 0.221. The Labute approximate surface area is 150 Å². The molecule has 1 saturated heterocycles. The van der Waals surface area contributed by atoms with Gasteiger partial charge < -0.3 is 14.3 Å². The number of esters is 1. The highest BCUT2D eigenvalue weighted by atomic mass is 32.1. The average molecular weight is 363 g/mol. The predicted octanol–water partition coefficient (Wildman–Crippen LogP) is 2.06. The van der Waals surface area contributed by atoms with E-state index in [1.165, 1.54) is 17.4 Å². The molecule has 1 aliphatic heterocycles. The summed E-state index contributed by atoms with van der Waals surface area (Å²) < 4.78 is 11.9. The van der Waals surface area contributed by atoms with Gasteiger partial charge in [0.1, 0.15) is 6.04 Å². The maximum Gasteiger partial charge on any atom is 0.323 e. The lowest BCUT2D eigenvalue weighted by Gasteiger charge is -2.21. The minimum atomic E-state index is -0.579. The molecular formula is C17H21N3O4S. The van der Waals surface area contributed by atoms with Crippen LogP contribution < -0.4 is 0 Å². The quantitative estimate of drug-likeness (QED) is 0.658. The fourth-order valence-electron chi connectivity index (χ4n) is 2.98. The molecule has 3 rings (SSSR count). The first kappa shape index (κ1) is 17.8. The molecule has 8 heteroatoms. The number of aliphatic hydroxyl groups excluding tert-OH is 1. The van der Waals surface area contributed by atoms with Crippen LogP contribution in [0.2, 0.25) is 0 Å². The van der Waals surface area contributed by atoms with Crippen molar-refractivity contribution >= 4 is 18.2 Å². The fourth-order valence-corrected chi connectivity index (χ4v) is 3.15. The van der Waals surface area contributed by atoms with Gasteiger partial charge in [0.15, 0.2) is 0 Å². The van der Waals surface area contributed by atoms with Crippen molar-refractivity contribution in [3.8, 4) is 11.5 Å². The highest BCUT2D eigenvalue weighted by Gasteiger charge is 2.37. The number of carbonyl (C=O) groups excluding carboxylic acids is 1. The van der Waals surface area contributed by atoms with E-state index in [4.69, 9.17) is 21.4 Å². The van der Waals surface area contributed by atoms with E-state index < -0.39 is 12.1 Å². The first-order valence-electron chi connectivity index (χ1n) is 8.04. The smallest absolute Gasteiger partial charge is 0.323 e. The Hall–Kier alpha value is -2.03. The summed E-state index contributed by atoms with van der Waals surface area (Å²) >= 11 is 5.26. The molecule has 1 fully saturated rings. The number of hydrogen-bond acceptors (Lipinski definition) is 7. The van der Waals surface area contributed by atoms with Crippen LogP contribution in [0.3, 0.4) is 0 Å². The summed E-state index contributed by atoms with van der Waals surface area (Å²) in [4.78, 5) is 13.9. The molecule has 134 valence electrons. The Bertz CT molecular complexity index is 845. The number of carbonyl (C=O) groups is 1. The van der Waals surface area contributed by atoms with Crippen LogP contribution >= 0.6 is 12.2 Å². The van der Waals surface area contributed by atoms with E-state index in [1.807, 2.05) is 32.0 Å². The van der Waals surface area contributed by atoms with Crippen LogP contribution in [0.15, 0.2) is 22.6 Å². The second-order valence-electron chi connectivity index (χ2n) is 6.31. The third-order valence-electron chi connectivity index (χ3n) is 4.53. The number of rotatable bonds is 4. The number of methoxy groups -OCH3 is 1. The lowest BCUT2D eigenvalue weighted by Crippen LogP contribution is -2.38. The van der Waals surface area contributed by atoms with Crippen molar-refractivity contribution < 1.29 is 19.1 Å². The molecule has 0 radical (unpaired) electrons.